The zero-order chi connectivity index (χ0) is 35.4. The van der Waals surface area contributed by atoms with E-state index in [1.54, 1.807) is 12.1 Å². The van der Waals surface area contributed by atoms with Crippen LogP contribution in [0.5, 0.6) is 0 Å². The third-order valence-corrected chi connectivity index (χ3v) is 11.3. The summed E-state index contributed by atoms with van der Waals surface area (Å²) in [7, 11) is -9.17. The van der Waals surface area contributed by atoms with Gasteiger partial charge in [-0.25, -0.2) is 13.3 Å². The van der Waals surface area contributed by atoms with Crippen LogP contribution in [0, 0.1) is 0 Å². The number of likely N-dealkylation sites (N-methyl/N-ethyl adjacent to an activating group) is 1. The Morgan fingerprint density at radius 2 is 1.59 bits per heavy atom. The minimum Gasteiger partial charge on any atom is -0.744 e. The smallest absolute Gasteiger partial charge is 0.744 e. The van der Waals surface area contributed by atoms with Gasteiger partial charge >= 0.3 is 29.6 Å². The van der Waals surface area contributed by atoms with Crippen molar-refractivity contribution in [1.29, 1.82) is 0 Å². The number of carbonyl (C=O) groups excluding carboxylic acids is 3. The number of hydrogen-bond acceptors (Lipinski definition) is 9. The Kier molecular flexibility index (Phi) is 11.1. The Balaban J connectivity index is 0.00000541. The van der Waals surface area contributed by atoms with E-state index in [9.17, 15) is 40.3 Å². The molecule has 0 saturated carbocycles. The van der Waals surface area contributed by atoms with Crippen molar-refractivity contribution in [3.05, 3.63) is 71.5 Å². The predicted molar refractivity (Wildman–Crippen MR) is 177 cm³/mol. The minimum absolute atomic E-state index is 0. The van der Waals surface area contributed by atoms with Gasteiger partial charge in [0.25, 0.3) is 10.1 Å². The number of fused-ring (bicyclic) bond motifs is 2. The maximum Gasteiger partial charge on any atom is 1.00 e. The number of carbonyl (C=O) groups is 3. The molecule has 12 nitrogen and oxygen atoms in total. The van der Waals surface area contributed by atoms with E-state index in [0.29, 0.717) is 30.0 Å². The fraction of sp³-hybridized carbons (Fsp3) is 0.412. The van der Waals surface area contributed by atoms with Gasteiger partial charge in [-0.1, -0.05) is 6.08 Å². The van der Waals surface area contributed by atoms with Crippen LogP contribution in [-0.2, 0) is 45.4 Å². The first-order valence-corrected chi connectivity index (χ1v) is 18.6. The molecule has 0 spiro atoms. The first-order valence-electron chi connectivity index (χ1n) is 15.8. The van der Waals surface area contributed by atoms with E-state index in [2.05, 4.69) is 4.58 Å². The van der Waals surface area contributed by atoms with Crippen LogP contribution in [-0.4, -0.2) is 71.9 Å². The number of benzene rings is 2. The Morgan fingerprint density at radius 3 is 2.16 bits per heavy atom. The van der Waals surface area contributed by atoms with Crippen molar-refractivity contribution in [1.82, 2.24) is 4.90 Å². The van der Waals surface area contributed by atoms with Crippen molar-refractivity contribution in [2.45, 2.75) is 87.3 Å². The normalized spacial score (nSPS) is 21.2. The van der Waals surface area contributed by atoms with Gasteiger partial charge in [-0.3, -0.25) is 18.9 Å². The van der Waals surface area contributed by atoms with Gasteiger partial charge in [0.05, 0.1) is 15.2 Å². The van der Waals surface area contributed by atoms with Crippen LogP contribution in [0.3, 0.4) is 0 Å². The van der Waals surface area contributed by atoms with Gasteiger partial charge in [-0.2, -0.15) is 13.0 Å². The molecule has 0 aromatic heterocycles. The largest absolute Gasteiger partial charge is 1.00 e. The third kappa shape index (κ3) is 7.01. The Bertz CT molecular complexity index is 2040. The summed E-state index contributed by atoms with van der Waals surface area (Å²) in [4.78, 5) is 39.3. The summed E-state index contributed by atoms with van der Waals surface area (Å²) in [6.07, 6.45) is 6.27. The van der Waals surface area contributed by atoms with Crippen molar-refractivity contribution in [2.24, 2.45) is 0 Å². The Morgan fingerprint density at radius 1 is 0.980 bits per heavy atom. The van der Waals surface area contributed by atoms with Crippen LogP contribution in [0.2, 0.25) is 0 Å². The van der Waals surface area contributed by atoms with Crippen molar-refractivity contribution >= 4 is 55.0 Å². The summed E-state index contributed by atoms with van der Waals surface area (Å²) in [6, 6.07) is 8.82. The maximum absolute atomic E-state index is 12.9. The van der Waals surface area contributed by atoms with Crippen LogP contribution in [0.25, 0.3) is 0 Å². The number of rotatable bonds is 10. The molecule has 3 aliphatic heterocycles. The molecule has 1 saturated heterocycles. The molecule has 256 valence electrons. The summed E-state index contributed by atoms with van der Waals surface area (Å²) in [5.41, 5.74) is 3.08. The summed E-state index contributed by atoms with van der Waals surface area (Å²) >= 11 is 0. The SMILES string of the molecule is CCN1C(=CC=CC2=[N+](CC)c3ccc(S(=O)(=O)O)cc3C2(C)C)C(C)(CCCC(=O)N2C(=O)CCC2=O)c2cc(S(=O)(=O)[O-])ccc21.[Na+]. The van der Waals surface area contributed by atoms with E-state index < -0.39 is 48.8 Å². The van der Waals surface area contributed by atoms with E-state index >= 15 is 0 Å². The second-order valence-electron chi connectivity index (χ2n) is 12.9. The quantitative estimate of drug-likeness (QED) is 0.163. The predicted octanol–water partition coefficient (Wildman–Crippen LogP) is 1.32. The molecular weight excluding hydrogens is 682 g/mol. The van der Waals surface area contributed by atoms with E-state index in [1.165, 1.54) is 24.3 Å². The van der Waals surface area contributed by atoms with Gasteiger partial charge in [0.1, 0.15) is 16.7 Å². The van der Waals surface area contributed by atoms with Gasteiger partial charge in [0.2, 0.25) is 23.4 Å². The number of nitrogens with zero attached hydrogens (tertiary/aromatic N) is 3. The fourth-order valence-electron chi connectivity index (χ4n) is 7.24. The summed E-state index contributed by atoms with van der Waals surface area (Å²) in [5.74, 6) is -1.60. The molecule has 1 atom stereocenters. The van der Waals surface area contributed by atoms with Gasteiger partial charge in [-0.05, 0) is 89.4 Å². The van der Waals surface area contributed by atoms with Crippen molar-refractivity contribution < 1.29 is 74.5 Å². The minimum atomic E-state index is -4.76. The molecule has 1 N–H and O–H groups in total. The molecule has 3 heterocycles. The molecule has 3 amide bonds. The van der Waals surface area contributed by atoms with E-state index in [1.807, 2.05) is 57.7 Å². The van der Waals surface area contributed by atoms with E-state index in [4.69, 9.17) is 0 Å². The molecule has 15 heteroatoms. The number of amides is 3. The van der Waals surface area contributed by atoms with Crippen molar-refractivity contribution in [3.8, 4) is 0 Å². The fourth-order valence-corrected chi connectivity index (χ4v) is 8.24. The number of allylic oxidation sites excluding steroid dienone is 4. The second kappa shape index (κ2) is 14.0. The molecule has 2 aromatic rings. The Hall–Kier alpha value is -2.98. The Labute approximate surface area is 309 Å². The molecule has 2 aromatic carbocycles. The van der Waals surface area contributed by atoms with Crippen LogP contribution in [0.1, 0.15) is 77.8 Å². The average molecular weight is 721 g/mol. The van der Waals surface area contributed by atoms with Gasteiger partial charge < -0.3 is 9.45 Å². The number of likely N-dealkylation sites (tertiary alicyclic amines) is 1. The molecule has 1 unspecified atom stereocenters. The molecule has 0 bridgehead atoms. The zero-order valence-corrected chi connectivity index (χ0v) is 32.2. The molecule has 0 radical (unpaired) electrons. The molecule has 0 aliphatic carbocycles. The number of anilines is 1. The van der Waals surface area contributed by atoms with Gasteiger partial charge in [0, 0.05) is 60.3 Å². The van der Waals surface area contributed by atoms with Crippen LogP contribution < -0.4 is 34.5 Å². The molecule has 3 aliphatic rings. The van der Waals surface area contributed by atoms with Crippen LogP contribution in [0.15, 0.2) is 70.1 Å². The number of imide groups is 3. The monoisotopic (exact) mass is 720 g/mol. The zero-order valence-electron chi connectivity index (χ0n) is 28.5. The molecule has 5 rings (SSSR count). The molecule has 49 heavy (non-hydrogen) atoms. The summed E-state index contributed by atoms with van der Waals surface area (Å²) in [5, 5.41) is 0. The standard InChI is InChI=1S/C34H39N3O9S2.Na/c1-6-35-26-15-13-22(47(41,42)43)20-24(26)33(3,4)28(35)10-8-11-29-34(5,19-9-12-30(38)37-31(39)17-18-32(37)40)25-21-23(48(44,45)46)14-16-27(25)36(29)7-2;/h8,10-11,13-16,20-21H,6-7,9,12,17-19H2,1-5H3,(H-,41,42,43,44,45,46);/q;+1. The summed E-state index contributed by atoms with van der Waals surface area (Å²) < 4.78 is 71.6. The maximum atomic E-state index is 12.9. The van der Waals surface area contributed by atoms with Gasteiger partial charge in [0.15, 0.2) is 5.71 Å². The van der Waals surface area contributed by atoms with Crippen LogP contribution >= 0.6 is 0 Å². The number of hydrogen-bond donors (Lipinski definition) is 1. The second-order valence-corrected chi connectivity index (χ2v) is 15.7. The molecule has 1 fully saturated rings. The third-order valence-electron chi connectivity index (χ3n) is 9.67. The van der Waals surface area contributed by atoms with E-state index in [-0.39, 0.29) is 65.0 Å². The molecular formula is C34H39N3NaO9S2+. The topological polar surface area (TPSA) is 172 Å². The van der Waals surface area contributed by atoms with Crippen LogP contribution in [0.4, 0.5) is 11.4 Å². The summed E-state index contributed by atoms with van der Waals surface area (Å²) in [6.45, 7) is 10.9. The van der Waals surface area contributed by atoms with Crippen molar-refractivity contribution in [3.63, 3.8) is 0 Å². The first-order chi connectivity index (χ1) is 22.4. The first kappa shape index (κ1) is 38.8. The van der Waals surface area contributed by atoms with Crippen molar-refractivity contribution in [2.75, 3.05) is 18.0 Å². The average Bonchev–Trinajstić information content (AvgIpc) is 3.55. The van der Waals surface area contributed by atoms with E-state index in [0.717, 1.165) is 28.3 Å². The van der Waals surface area contributed by atoms with Gasteiger partial charge in [-0.15, -0.1) is 0 Å².